The summed E-state index contributed by atoms with van der Waals surface area (Å²) < 4.78 is 0. The molecule has 0 fully saturated rings. The van der Waals surface area contributed by atoms with Gasteiger partial charge in [-0.05, 0) is 31.0 Å². The second-order valence-corrected chi connectivity index (χ2v) is 4.60. The van der Waals surface area contributed by atoms with Crippen LogP contribution >= 0.6 is 23.2 Å². The number of hydrogen-bond acceptors (Lipinski definition) is 2. The van der Waals surface area contributed by atoms with Gasteiger partial charge in [0.05, 0.1) is 10.7 Å². The van der Waals surface area contributed by atoms with E-state index in [1.54, 1.807) is 13.1 Å². The number of nitrogens with one attached hydrogen (secondary N) is 2. The Balaban J connectivity index is 2.47. The third-order valence-electron chi connectivity index (χ3n) is 2.42. The molecule has 94 valence electrons. The first-order valence-electron chi connectivity index (χ1n) is 5.44. The maximum absolute atomic E-state index is 11.0. The fourth-order valence-corrected chi connectivity index (χ4v) is 1.83. The second-order valence-electron chi connectivity index (χ2n) is 3.78. The summed E-state index contributed by atoms with van der Waals surface area (Å²) >= 11 is 12.1. The lowest BCUT2D eigenvalue weighted by Crippen LogP contribution is -2.18. The first kappa shape index (κ1) is 14.1. The average molecular weight is 275 g/mol. The van der Waals surface area contributed by atoms with Crippen LogP contribution in [0.3, 0.4) is 0 Å². The van der Waals surface area contributed by atoms with Gasteiger partial charge in [-0.3, -0.25) is 4.79 Å². The Morgan fingerprint density at radius 1 is 1.29 bits per heavy atom. The summed E-state index contributed by atoms with van der Waals surface area (Å²) in [6.07, 6.45) is 1.25. The van der Waals surface area contributed by atoms with Gasteiger partial charge in [-0.1, -0.05) is 23.2 Å². The molecule has 0 saturated heterocycles. The Labute approximate surface area is 111 Å². The Hall–Kier alpha value is -0.930. The lowest BCUT2D eigenvalue weighted by atomic mass is 10.2. The Kier molecular flexibility index (Phi) is 5.59. The SMILES string of the molecule is CNC(=O)CCCNc1cc(Cl)c(C)cc1Cl. The fourth-order valence-electron chi connectivity index (χ4n) is 1.38. The zero-order valence-corrected chi connectivity index (χ0v) is 11.5. The molecule has 0 aliphatic heterocycles. The average Bonchev–Trinajstić information content (AvgIpc) is 2.30. The van der Waals surface area contributed by atoms with E-state index >= 15 is 0 Å². The van der Waals surface area contributed by atoms with Gasteiger partial charge in [0.1, 0.15) is 0 Å². The van der Waals surface area contributed by atoms with E-state index in [-0.39, 0.29) is 5.91 Å². The molecule has 0 aliphatic rings. The van der Waals surface area contributed by atoms with E-state index < -0.39 is 0 Å². The van der Waals surface area contributed by atoms with E-state index in [2.05, 4.69) is 10.6 Å². The summed E-state index contributed by atoms with van der Waals surface area (Å²) in [7, 11) is 1.63. The molecule has 5 heteroatoms. The van der Waals surface area contributed by atoms with Gasteiger partial charge in [-0.25, -0.2) is 0 Å². The minimum absolute atomic E-state index is 0.0415. The Morgan fingerprint density at radius 2 is 2.00 bits per heavy atom. The van der Waals surface area contributed by atoms with Crippen molar-refractivity contribution in [2.24, 2.45) is 0 Å². The molecule has 1 amide bonds. The fraction of sp³-hybridized carbons (Fsp3) is 0.417. The number of rotatable bonds is 5. The molecule has 0 heterocycles. The zero-order valence-electron chi connectivity index (χ0n) is 9.94. The van der Waals surface area contributed by atoms with E-state index in [1.807, 2.05) is 13.0 Å². The molecular formula is C12H16Cl2N2O. The van der Waals surface area contributed by atoms with Gasteiger partial charge in [0.25, 0.3) is 0 Å². The molecule has 3 nitrogen and oxygen atoms in total. The minimum atomic E-state index is 0.0415. The molecule has 0 spiro atoms. The second kappa shape index (κ2) is 6.72. The largest absolute Gasteiger partial charge is 0.384 e. The van der Waals surface area contributed by atoms with Crippen LogP contribution in [-0.2, 0) is 4.79 Å². The molecule has 0 unspecified atom stereocenters. The van der Waals surface area contributed by atoms with E-state index in [9.17, 15) is 4.79 Å². The van der Waals surface area contributed by atoms with Crippen LogP contribution in [0.15, 0.2) is 12.1 Å². The molecular weight excluding hydrogens is 259 g/mol. The van der Waals surface area contributed by atoms with E-state index in [0.29, 0.717) is 23.0 Å². The van der Waals surface area contributed by atoms with Crippen molar-refractivity contribution in [2.75, 3.05) is 18.9 Å². The summed E-state index contributed by atoms with van der Waals surface area (Å²) in [4.78, 5) is 11.0. The summed E-state index contributed by atoms with van der Waals surface area (Å²) in [5.41, 5.74) is 1.76. The van der Waals surface area contributed by atoms with Crippen LogP contribution in [0.25, 0.3) is 0 Å². The van der Waals surface area contributed by atoms with Gasteiger partial charge in [-0.2, -0.15) is 0 Å². The number of benzene rings is 1. The maximum atomic E-state index is 11.0. The van der Waals surface area contributed by atoms with Crippen molar-refractivity contribution in [2.45, 2.75) is 19.8 Å². The molecule has 0 atom stereocenters. The van der Waals surface area contributed by atoms with Crippen molar-refractivity contribution in [3.8, 4) is 0 Å². The van der Waals surface area contributed by atoms with Crippen molar-refractivity contribution in [3.05, 3.63) is 27.7 Å². The number of amides is 1. The first-order chi connectivity index (χ1) is 8.04. The molecule has 0 aliphatic carbocycles. The van der Waals surface area contributed by atoms with Crippen molar-refractivity contribution >= 4 is 34.8 Å². The van der Waals surface area contributed by atoms with Crippen LogP contribution in [-0.4, -0.2) is 19.5 Å². The highest BCUT2D eigenvalue weighted by Gasteiger charge is 2.04. The molecule has 17 heavy (non-hydrogen) atoms. The zero-order chi connectivity index (χ0) is 12.8. The number of carbonyl (C=O) groups is 1. The first-order valence-corrected chi connectivity index (χ1v) is 6.20. The topological polar surface area (TPSA) is 41.1 Å². The summed E-state index contributed by atoms with van der Waals surface area (Å²) in [5.74, 6) is 0.0415. The molecule has 0 aromatic heterocycles. The highest BCUT2D eigenvalue weighted by Crippen LogP contribution is 2.28. The summed E-state index contributed by atoms with van der Waals surface area (Å²) in [6, 6.07) is 3.63. The molecule has 0 saturated carbocycles. The van der Waals surface area contributed by atoms with Gasteiger partial charge in [-0.15, -0.1) is 0 Å². The van der Waals surface area contributed by atoms with Gasteiger partial charge in [0.15, 0.2) is 0 Å². The van der Waals surface area contributed by atoms with Crippen LogP contribution < -0.4 is 10.6 Å². The monoisotopic (exact) mass is 274 g/mol. The predicted molar refractivity (Wildman–Crippen MR) is 73.0 cm³/mol. The molecule has 2 N–H and O–H groups in total. The third-order valence-corrected chi connectivity index (χ3v) is 3.14. The maximum Gasteiger partial charge on any atom is 0.219 e. The molecule has 0 radical (unpaired) electrons. The van der Waals surface area contributed by atoms with E-state index in [4.69, 9.17) is 23.2 Å². The van der Waals surface area contributed by atoms with Crippen LogP contribution in [0.5, 0.6) is 0 Å². The predicted octanol–water partition coefficient (Wildman–Crippen LogP) is 3.24. The van der Waals surface area contributed by atoms with Gasteiger partial charge in [0, 0.05) is 25.0 Å². The normalized spacial score (nSPS) is 10.1. The highest BCUT2D eigenvalue weighted by molar-refractivity contribution is 6.35. The number of anilines is 1. The van der Waals surface area contributed by atoms with Crippen molar-refractivity contribution in [3.63, 3.8) is 0 Å². The number of carbonyl (C=O) groups excluding carboxylic acids is 1. The van der Waals surface area contributed by atoms with E-state index in [1.165, 1.54) is 0 Å². The Bertz CT molecular complexity index is 408. The summed E-state index contributed by atoms with van der Waals surface area (Å²) in [5, 5.41) is 7.07. The van der Waals surface area contributed by atoms with Crippen LogP contribution in [0.2, 0.25) is 10.0 Å². The quantitative estimate of drug-likeness (QED) is 0.810. The molecule has 0 bridgehead atoms. The third kappa shape index (κ3) is 4.44. The summed E-state index contributed by atoms with van der Waals surface area (Å²) in [6.45, 7) is 2.59. The van der Waals surface area contributed by atoms with Crippen LogP contribution in [0, 0.1) is 6.92 Å². The molecule has 1 rings (SSSR count). The standard InChI is InChI=1S/C12H16Cl2N2O/c1-8-6-10(14)11(7-9(8)13)16-5-3-4-12(17)15-2/h6-7,16H,3-5H2,1-2H3,(H,15,17). The molecule has 1 aromatic rings. The van der Waals surface area contributed by atoms with Gasteiger partial charge >= 0.3 is 0 Å². The molecule has 1 aromatic carbocycles. The van der Waals surface area contributed by atoms with Crippen molar-refractivity contribution in [1.82, 2.24) is 5.32 Å². The van der Waals surface area contributed by atoms with Crippen LogP contribution in [0.4, 0.5) is 5.69 Å². The number of aryl methyl sites for hydroxylation is 1. The lowest BCUT2D eigenvalue weighted by Gasteiger charge is -2.10. The smallest absolute Gasteiger partial charge is 0.219 e. The number of halogens is 2. The van der Waals surface area contributed by atoms with E-state index in [0.717, 1.165) is 17.7 Å². The minimum Gasteiger partial charge on any atom is -0.384 e. The van der Waals surface area contributed by atoms with Crippen molar-refractivity contribution < 1.29 is 4.79 Å². The van der Waals surface area contributed by atoms with Gasteiger partial charge < -0.3 is 10.6 Å². The van der Waals surface area contributed by atoms with Crippen LogP contribution in [0.1, 0.15) is 18.4 Å². The number of hydrogen-bond donors (Lipinski definition) is 2. The van der Waals surface area contributed by atoms with Crippen molar-refractivity contribution in [1.29, 1.82) is 0 Å². The lowest BCUT2D eigenvalue weighted by molar-refractivity contribution is -0.120. The Morgan fingerprint density at radius 3 is 2.65 bits per heavy atom. The van der Waals surface area contributed by atoms with Gasteiger partial charge in [0.2, 0.25) is 5.91 Å². The highest BCUT2D eigenvalue weighted by atomic mass is 35.5.